The molecular formula is C18H22ClNO. The Morgan fingerprint density at radius 2 is 1.43 bits per heavy atom. The first-order valence-electron chi connectivity index (χ1n) is 7.25. The number of benzene rings is 2. The lowest BCUT2D eigenvalue weighted by molar-refractivity contribution is 0.135. The van der Waals surface area contributed by atoms with Crippen LogP contribution in [0.3, 0.4) is 0 Å². The van der Waals surface area contributed by atoms with Gasteiger partial charge in [0.25, 0.3) is 0 Å². The highest BCUT2D eigenvalue weighted by Crippen LogP contribution is 2.28. The summed E-state index contributed by atoms with van der Waals surface area (Å²) in [5.41, 5.74) is 2.56. The summed E-state index contributed by atoms with van der Waals surface area (Å²) in [6.07, 6.45) is 0. The van der Waals surface area contributed by atoms with E-state index in [1.807, 2.05) is 12.1 Å². The van der Waals surface area contributed by atoms with Crippen molar-refractivity contribution >= 4 is 11.6 Å². The Morgan fingerprint density at radius 3 is 1.86 bits per heavy atom. The Labute approximate surface area is 132 Å². The number of ether oxygens (including phenoxy) is 1. The van der Waals surface area contributed by atoms with E-state index in [1.165, 1.54) is 11.1 Å². The molecule has 2 aromatic carbocycles. The molecule has 0 radical (unpaired) electrons. The molecule has 0 atom stereocenters. The SMILES string of the molecule is COCCN(CCCl)C(c1ccccc1)c1ccccc1. The third-order valence-electron chi connectivity index (χ3n) is 3.55. The predicted molar refractivity (Wildman–Crippen MR) is 88.9 cm³/mol. The number of halogens is 1. The quantitative estimate of drug-likeness (QED) is 0.684. The van der Waals surface area contributed by atoms with Crippen LogP contribution in [0.25, 0.3) is 0 Å². The zero-order valence-corrected chi connectivity index (χ0v) is 13.2. The molecule has 0 unspecified atom stereocenters. The molecule has 0 aromatic heterocycles. The van der Waals surface area contributed by atoms with Crippen LogP contribution in [0, 0.1) is 0 Å². The fraction of sp³-hybridized carbons (Fsp3) is 0.333. The van der Waals surface area contributed by atoms with E-state index < -0.39 is 0 Å². The summed E-state index contributed by atoms with van der Waals surface area (Å²) in [4.78, 5) is 2.38. The van der Waals surface area contributed by atoms with Gasteiger partial charge in [-0.15, -0.1) is 11.6 Å². The van der Waals surface area contributed by atoms with Gasteiger partial charge in [-0.1, -0.05) is 60.7 Å². The van der Waals surface area contributed by atoms with Gasteiger partial charge in [-0.3, -0.25) is 4.90 Å². The molecule has 0 amide bonds. The Morgan fingerprint density at radius 1 is 0.905 bits per heavy atom. The fourth-order valence-corrected chi connectivity index (χ4v) is 2.79. The minimum absolute atomic E-state index is 0.210. The largest absolute Gasteiger partial charge is 0.383 e. The van der Waals surface area contributed by atoms with Gasteiger partial charge >= 0.3 is 0 Å². The van der Waals surface area contributed by atoms with Crippen LogP contribution in [0.4, 0.5) is 0 Å². The van der Waals surface area contributed by atoms with E-state index in [0.717, 1.165) is 13.1 Å². The summed E-state index contributed by atoms with van der Waals surface area (Å²) in [6.45, 7) is 2.39. The van der Waals surface area contributed by atoms with Crippen molar-refractivity contribution in [2.45, 2.75) is 6.04 Å². The van der Waals surface area contributed by atoms with Crippen molar-refractivity contribution in [1.29, 1.82) is 0 Å². The topological polar surface area (TPSA) is 12.5 Å². The maximum absolute atomic E-state index is 6.01. The average Bonchev–Trinajstić information content (AvgIpc) is 2.55. The first-order valence-corrected chi connectivity index (χ1v) is 7.79. The second kappa shape index (κ2) is 8.83. The van der Waals surface area contributed by atoms with Crippen molar-refractivity contribution in [3.8, 4) is 0 Å². The molecular weight excluding hydrogens is 282 g/mol. The molecule has 0 saturated heterocycles. The number of nitrogens with zero attached hydrogens (tertiary/aromatic N) is 1. The maximum Gasteiger partial charge on any atom is 0.0602 e. The third-order valence-corrected chi connectivity index (χ3v) is 3.72. The van der Waals surface area contributed by atoms with E-state index in [4.69, 9.17) is 16.3 Å². The van der Waals surface area contributed by atoms with E-state index in [9.17, 15) is 0 Å². The fourth-order valence-electron chi connectivity index (χ4n) is 2.57. The van der Waals surface area contributed by atoms with Gasteiger partial charge in [0.05, 0.1) is 12.6 Å². The Bertz CT molecular complexity index is 464. The highest BCUT2D eigenvalue weighted by Gasteiger charge is 2.21. The molecule has 0 bridgehead atoms. The summed E-state index contributed by atoms with van der Waals surface area (Å²) in [6, 6.07) is 21.3. The van der Waals surface area contributed by atoms with Gasteiger partial charge in [-0.05, 0) is 11.1 Å². The molecule has 0 N–H and O–H groups in total. The van der Waals surface area contributed by atoms with Crippen molar-refractivity contribution in [3.05, 3.63) is 71.8 Å². The highest BCUT2D eigenvalue weighted by atomic mass is 35.5. The molecule has 3 heteroatoms. The molecule has 0 heterocycles. The average molecular weight is 304 g/mol. The zero-order valence-electron chi connectivity index (χ0n) is 12.4. The van der Waals surface area contributed by atoms with Crippen molar-refractivity contribution < 1.29 is 4.74 Å². The molecule has 2 rings (SSSR count). The van der Waals surface area contributed by atoms with Crippen LogP contribution in [0.15, 0.2) is 60.7 Å². The lowest BCUT2D eigenvalue weighted by Crippen LogP contribution is -2.34. The minimum Gasteiger partial charge on any atom is -0.383 e. The zero-order chi connectivity index (χ0) is 14.9. The summed E-state index contributed by atoms with van der Waals surface area (Å²) >= 11 is 6.01. The van der Waals surface area contributed by atoms with Gasteiger partial charge in [0.1, 0.15) is 0 Å². The number of rotatable bonds is 8. The normalized spacial score (nSPS) is 11.2. The summed E-state index contributed by atoms with van der Waals surface area (Å²) in [5, 5.41) is 0. The molecule has 0 aliphatic carbocycles. The Hall–Kier alpha value is -1.35. The van der Waals surface area contributed by atoms with Gasteiger partial charge in [0, 0.05) is 26.1 Å². The third kappa shape index (κ3) is 4.57. The van der Waals surface area contributed by atoms with Crippen LogP contribution in [0.1, 0.15) is 17.2 Å². The molecule has 0 spiro atoms. The minimum atomic E-state index is 0.210. The van der Waals surface area contributed by atoms with E-state index in [-0.39, 0.29) is 6.04 Å². The highest BCUT2D eigenvalue weighted by molar-refractivity contribution is 6.18. The van der Waals surface area contributed by atoms with Gasteiger partial charge < -0.3 is 4.74 Å². The summed E-state index contributed by atoms with van der Waals surface area (Å²) < 4.78 is 5.26. The molecule has 21 heavy (non-hydrogen) atoms. The number of alkyl halides is 1. The predicted octanol–water partition coefficient (Wildman–Crippen LogP) is 3.96. The first kappa shape index (κ1) is 16.0. The van der Waals surface area contributed by atoms with Gasteiger partial charge in [0.15, 0.2) is 0 Å². The molecule has 2 nitrogen and oxygen atoms in total. The van der Waals surface area contributed by atoms with Gasteiger partial charge in [0.2, 0.25) is 0 Å². The Balaban J connectivity index is 2.34. The lowest BCUT2D eigenvalue weighted by Gasteiger charge is -2.32. The maximum atomic E-state index is 6.01. The van der Waals surface area contributed by atoms with Gasteiger partial charge in [-0.25, -0.2) is 0 Å². The van der Waals surface area contributed by atoms with Crippen molar-refractivity contribution in [1.82, 2.24) is 4.90 Å². The molecule has 0 aliphatic heterocycles. The second-order valence-corrected chi connectivity index (χ2v) is 5.32. The second-order valence-electron chi connectivity index (χ2n) is 4.94. The molecule has 112 valence electrons. The van der Waals surface area contributed by atoms with E-state index in [2.05, 4.69) is 53.4 Å². The van der Waals surface area contributed by atoms with Crippen LogP contribution < -0.4 is 0 Å². The van der Waals surface area contributed by atoms with Crippen molar-refractivity contribution in [3.63, 3.8) is 0 Å². The summed E-state index contributed by atoms with van der Waals surface area (Å²) in [7, 11) is 1.74. The number of methoxy groups -OCH3 is 1. The first-order chi connectivity index (χ1) is 10.4. The smallest absolute Gasteiger partial charge is 0.0602 e. The molecule has 0 saturated carbocycles. The summed E-state index contributed by atoms with van der Waals surface area (Å²) in [5.74, 6) is 0.611. The monoisotopic (exact) mass is 303 g/mol. The van der Waals surface area contributed by atoms with E-state index in [0.29, 0.717) is 12.5 Å². The van der Waals surface area contributed by atoms with Gasteiger partial charge in [-0.2, -0.15) is 0 Å². The van der Waals surface area contributed by atoms with Crippen molar-refractivity contribution in [2.24, 2.45) is 0 Å². The van der Waals surface area contributed by atoms with Crippen LogP contribution >= 0.6 is 11.6 Å². The molecule has 2 aromatic rings. The van der Waals surface area contributed by atoms with Crippen LogP contribution in [-0.2, 0) is 4.74 Å². The number of hydrogen-bond donors (Lipinski definition) is 0. The number of hydrogen-bond acceptors (Lipinski definition) is 2. The van der Waals surface area contributed by atoms with E-state index >= 15 is 0 Å². The standard InChI is InChI=1S/C18H22ClNO/c1-21-15-14-20(13-12-19)18(16-8-4-2-5-9-16)17-10-6-3-7-11-17/h2-11,18H,12-15H2,1H3. The molecule has 0 aliphatic rings. The van der Waals surface area contributed by atoms with Crippen LogP contribution in [0.5, 0.6) is 0 Å². The van der Waals surface area contributed by atoms with Crippen LogP contribution in [-0.4, -0.2) is 37.6 Å². The lowest BCUT2D eigenvalue weighted by atomic mass is 9.97. The van der Waals surface area contributed by atoms with Crippen LogP contribution in [0.2, 0.25) is 0 Å². The van der Waals surface area contributed by atoms with Crippen molar-refractivity contribution in [2.75, 3.05) is 32.7 Å². The molecule has 0 fully saturated rings. The Kier molecular flexibility index (Phi) is 6.74. The van der Waals surface area contributed by atoms with E-state index in [1.54, 1.807) is 7.11 Å².